The third-order valence-corrected chi connectivity index (χ3v) is 5.61. The number of pyridine rings is 1. The standard InChI is InChI=1S/C22H18N6OS/c1-26-12-18(10-24-26)17-8-20(29-3)21-15(9-25-28(21)13-17)4-5-19-11-23-22(27(19)2)16-6-7-30-14-16/h6-14H,1-3H3. The molecule has 5 rings (SSSR count). The van der Waals surface area contributed by atoms with Crippen LogP contribution in [0.4, 0.5) is 0 Å². The Balaban J connectivity index is 1.55. The van der Waals surface area contributed by atoms with E-state index in [1.165, 1.54) is 0 Å². The molecule has 0 N–H and O–H groups in total. The smallest absolute Gasteiger partial charge is 0.146 e. The predicted molar refractivity (Wildman–Crippen MR) is 116 cm³/mol. The topological polar surface area (TPSA) is 62.2 Å². The first-order chi connectivity index (χ1) is 14.6. The van der Waals surface area contributed by atoms with Crippen LogP contribution in [0.15, 0.2) is 53.9 Å². The Bertz CT molecular complexity index is 1410. The second-order valence-electron chi connectivity index (χ2n) is 6.84. The van der Waals surface area contributed by atoms with Gasteiger partial charge in [0.2, 0.25) is 0 Å². The lowest BCUT2D eigenvalue weighted by Crippen LogP contribution is -1.95. The number of hydrogen-bond donors (Lipinski definition) is 0. The lowest BCUT2D eigenvalue weighted by molar-refractivity contribution is 0.417. The summed E-state index contributed by atoms with van der Waals surface area (Å²) >= 11 is 1.65. The summed E-state index contributed by atoms with van der Waals surface area (Å²) in [6.45, 7) is 0. The number of rotatable bonds is 3. The van der Waals surface area contributed by atoms with Crippen LogP contribution >= 0.6 is 11.3 Å². The van der Waals surface area contributed by atoms with Gasteiger partial charge in [-0.3, -0.25) is 4.68 Å². The molecule has 0 saturated heterocycles. The Hall–Kier alpha value is -3.83. The highest BCUT2D eigenvalue weighted by Crippen LogP contribution is 2.29. The summed E-state index contributed by atoms with van der Waals surface area (Å²) in [5, 5.41) is 12.8. The first-order valence-electron chi connectivity index (χ1n) is 9.25. The SMILES string of the molecule is COc1cc(-c2cnn(C)c2)cn2ncc(C#Cc3cnc(-c4ccsc4)n3C)c12. The molecule has 5 aromatic rings. The molecule has 0 atom stereocenters. The molecule has 8 heteroatoms. The number of thiophene rings is 1. The fraction of sp³-hybridized carbons (Fsp3) is 0.136. The average Bonchev–Trinajstić information content (AvgIpc) is 3.53. The minimum Gasteiger partial charge on any atom is -0.494 e. The number of aromatic nitrogens is 6. The van der Waals surface area contributed by atoms with Gasteiger partial charge < -0.3 is 9.30 Å². The molecular formula is C22H18N6OS. The van der Waals surface area contributed by atoms with E-state index in [-0.39, 0.29) is 0 Å². The van der Waals surface area contributed by atoms with Crippen molar-refractivity contribution in [1.82, 2.24) is 28.9 Å². The van der Waals surface area contributed by atoms with Crippen molar-refractivity contribution >= 4 is 16.9 Å². The Kier molecular flexibility index (Phi) is 4.38. The monoisotopic (exact) mass is 414 g/mol. The highest BCUT2D eigenvalue weighted by atomic mass is 32.1. The lowest BCUT2D eigenvalue weighted by Gasteiger charge is -2.06. The van der Waals surface area contributed by atoms with E-state index < -0.39 is 0 Å². The van der Waals surface area contributed by atoms with E-state index in [4.69, 9.17) is 4.74 Å². The summed E-state index contributed by atoms with van der Waals surface area (Å²) < 4.78 is 11.2. The van der Waals surface area contributed by atoms with Crippen molar-refractivity contribution in [3.8, 4) is 40.1 Å². The van der Waals surface area contributed by atoms with Crippen LogP contribution in [0.5, 0.6) is 5.75 Å². The zero-order valence-electron chi connectivity index (χ0n) is 16.7. The van der Waals surface area contributed by atoms with Gasteiger partial charge >= 0.3 is 0 Å². The van der Waals surface area contributed by atoms with Crippen molar-refractivity contribution in [2.45, 2.75) is 0 Å². The van der Waals surface area contributed by atoms with Gasteiger partial charge in [-0.1, -0.05) is 5.92 Å². The predicted octanol–water partition coefficient (Wildman–Crippen LogP) is 3.61. The van der Waals surface area contributed by atoms with Gasteiger partial charge in [-0.2, -0.15) is 21.5 Å². The van der Waals surface area contributed by atoms with Crippen molar-refractivity contribution in [1.29, 1.82) is 0 Å². The largest absolute Gasteiger partial charge is 0.494 e. The number of imidazole rings is 1. The van der Waals surface area contributed by atoms with Gasteiger partial charge in [-0.15, -0.1) is 0 Å². The maximum atomic E-state index is 5.65. The van der Waals surface area contributed by atoms with Gasteiger partial charge in [0, 0.05) is 48.6 Å². The number of hydrogen-bond acceptors (Lipinski definition) is 5. The molecule has 0 aromatic carbocycles. The average molecular weight is 414 g/mol. The summed E-state index contributed by atoms with van der Waals surface area (Å²) in [5.41, 5.74) is 5.53. The molecule has 0 aliphatic heterocycles. The van der Waals surface area contributed by atoms with Gasteiger partial charge in [0.1, 0.15) is 22.8 Å². The molecule has 0 spiro atoms. The number of aryl methyl sites for hydroxylation is 1. The van der Waals surface area contributed by atoms with Crippen LogP contribution < -0.4 is 4.74 Å². The highest BCUT2D eigenvalue weighted by molar-refractivity contribution is 7.08. The van der Waals surface area contributed by atoms with Crippen LogP contribution in [0.25, 0.3) is 28.0 Å². The fourth-order valence-corrected chi connectivity index (χ4v) is 4.01. The molecular weight excluding hydrogens is 396 g/mol. The van der Waals surface area contributed by atoms with Gasteiger partial charge in [-0.05, 0) is 23.4 Å². The molecule has 0 bridgehead atoms. The van der Waals surface area contributed by atoms with Crippen LogP contribution in [0.1, 0.15) is 11.3 Å². The van der Waals surface area contributed by atoms with Crippen molar-refractivity contribution in [2.75, 3.05) is 7.11 Å². The zero-order chi connectivity index (χ0) is 20.7. The molecule has 0 amide bonds. The fourth-order valence-electron chi connectivity index (χ4n) is 3.38. The molecule has 0 aliphatic carbocycles. The van der Waals surface area contributed by atoms with E-state index in [0.29, 0.717) is 5.75 Å². The van der Waals surface area contributed by atoms with Crippen molar-refractivity contribution in [3.05, 3.63) is 65.1 Å². The minimum absolute atomic E-state index is 0.710. The van der Waals surface area contributed by atoms with Crippen LogP contribution in [0.3, 0.4) is 0 Å². The molecule has 0 fully saturated rings. The molecule has 5 heterocycles. The van der Waals surface area contributed by atoms with E-state index in [9.17, 15) is 0 Å². The van der Waals surface area contributed by atoms with Gasteiger partial charge in [0.25, 0.3) is 0 Å². The zero-order valence-corrected chi connectivity index (χ0v) is 17.5. The molecule has 0 radical (unpaired) electrons. The summed E-state index contributed by atoms with van der Waals surface area (Å²) in [5.74, 6) is 8.07. The van der Waals surface area contributed by atoms with E-state index in [1.54, 1.807) is 40.0 Å². The van der Waals surface area contributed by atoms with Crippen LogP contribution in [0, 0.1) is 11.8 Å². The third kappa shape index (κ3) is 3.06. The van der Waals surface area contributed by atoms with Crippen LogP contribution in [-0.4, -0.2) is 36.1 Å². The first-order valence-corrected chi connectivity index (χ1v) is 10.2. The van der Waals surface area contributed by atoms with Crippen molar-refractivity contribution in [3.63, 3.8) is 0 Å². The van der Waals surface area contributed by atoms with Gasteiger partial charge in [0.05, 0.1) is 31.3 Å². The van der Waals surface area contributed by atoms with Crippen molar-refractivity contribution in [2.24, 2.45) is 14.1 Å². The summed E-state index contributed by atoms with van der Waals surface area (Å²) in [4.78, 5) is 4.52. The van der Waals surface area contributed by atoms with Crippen LogP contribution in [0.2, 0.25) is 0 Å². The van der Waals surface area contributed by atoms with E-state index >= 15 is 0 Å². The number of ether oxygens (including phenoxy) is 1. The van der Waals surface area contributed by atoms with E-state index in [0.717, 1.165) is 39.3 Å². The molecule has 5 aromatic heterocycles. The van der Waals surface area contributed by atoms with Crippen molar-refractivity contribution < 1.29 is 4.74 Å². The Morgan fingerprint density at radius 1 is 1.00 bits per heavy atom. The van der Waals surface area contributed by atoms with E-state index in [1.807, 2.05) is 48.7 Å². The number of nitrogens with zero attached hydrogens (tertiary/aromatic N) is 6. The molecule has 7 nitrogen and oxygen atoms in total. The molecule has 148 valence electrons. The molecule has 0 aliphatic rings. The summed E-state index contributed by atoms with van der Waals surface area (Å²) in [6.07, 6.45) is 9.28. The van der Waals surface area contributed by atoms with Gasteiger partial charge in [0.15, 0.2) is 0 Å². The third-order valence-electron chi connectivity index (χ3n) is 4.93. The van der Waals surface area contributed by atoms with Gasteiger partial charge in [-0.25, -0.2) is 9.50 Å². The molecule has 30 heavy (non-hydrogen) atoms. The Morgan fingerprint density at radius 2 is 1.90 bits per heavy atom. The minimum atomic E-state index is 0.710. The maximum absolute atomic E-state index is 5.65. The molecule has 0 unspecified atom stereocenters. The Morgan fingerprint density at radius 3 is 2.63 bits per heavy atom. The normalized spacial score (nSPS) is 10.9. The summed E-state index contributed by atoms with van der Waals surface area (Å²) in [7, 11) is 5.52. The lowest BCUT2D eigenvalue weighted by atomic mass is 10.1. The molecule has 0 saturated carbocycles. The first kappa shape index (κ1) is 18.2. The quantitative estimate of drug-likeness (QED) is 0.423. The maximum Gasteiger partial charge on any atom is 0.146 e. The second-order valence-corrected chi connectivity index (χ2v) is 7.62. The second kappa shape index (κ2) is 7.21. The summed E-state index contributed by atoms with van der Waals surface area (Å²) in [6, 6.07) is 4.04. The van der Waals surface area contributed by atoms with Crippen LogP contribution in [-0.2, 0) is 14.1 Å². The Labute approximate surface area is 177 Å². The van der Waals surface area contributed by atoms with E-state index in [2.05, 4.69) is 38.5 Å². The highest BCUT2D eigenvalue weighted by Gasteiger charge is 2.13. The number of methoxy groups -OCH3 is 1. The number of fused-ring (bicyclic) bond motifs is 1.